The van der Waals surface area contributed by atoms with Gasteiger partial charge in [0.25, 0.3) is 0 Å². The Kier molecular flexibility index (Phi) is 1.24. The molecule has 2 fully saturated rings. The standard InChI is InChI=1S/C7H13NO/c9-4-6-1-5-2-8-3-7(5)6/h5-9H,1-4H2/t5-,6+,7+/m0/s1. The van der Waals surface area contributed by atoms with Gasteiger partial charge < -0.3 is 10.4 Å². The first-order valence-corrected chi connectivity index (χ1v) is 3.73. The Morgan fingerprint density at radius 1 is 1.44 bits per heavy atom. The van der Waals surface area contributed by atoms with E-state index in [0.29, 0.717) is 12.5 Å². The van der Waals surface area contributed by atoms with Crippen LogP contribution in [0, 0.1) is 17.8 Å². The molecule has 9 heavy (non-hydrogen) atoms. The summed E-state index contributed by atoms with van der Waals surface area (Å²) in [7, 11) is 0. The van der Waals surface area contributed by atoms with E-state index in [2.05, 4.69) is 5.32 Å². The minimum absolute atomic E-state index is 0.406. The van der Waals surface area contributed by atoms with Gasteiger partial charge in [-0.2, -0.15) is 0 Å². The lowest BCUT2D eigenvalue weighted by molar-refractivity contribution is 0.0579. The summed E-state index contributed by atoms with van der Waals surface area (Å²) in [6.45, 7) is 2.75. The first-order chi connectivity index (χ1) is 4.42. The smallest absolute Gasteiger partial charge is 0.0462 e. The molecule has 0 spiro atoms. The van der Waals surface area contributed by atoms with Crippen molar-refractivity contribution < 1.29 is 5.11 Å². The monoisotopic (exact) mass is 127 g/mol. The number of nitrogens with one attached hydrogen (secondary N) is 1. The highest BCUT2D eigenvalue weighted by Crippen LogP contribution is 2.41. The highest BCUT2D eigenvalue weighted by atomic mass is 16.3. The van der Waals surface area contributed by atoms with E-state index < -0.39 is 0 Å². The van der Waals surface area contributed by atoms with Gasteiger partial charge in [0.2, 0.25) is 0 Å². The van der Waals surface area contributed by atoms with E-state index in [-0.39, 0.29) is 0 Å². The van der Waals surface area contributed by atoms with E-state index in [1.807, 2.05) is 0 Å². The summed E-state index contributed by atoms with van der Waals surface area (Å²) < 4.78 is 0. The molecule has 0 aromatic carbocycles. The van der Waals surface area contributed by atoms with Gasteiger partial charge in [-0.1, -0.05) is 0 Å². The van der Waals surface area contributed by atoms with Crippen LogP contribution in [0.1, 0.15) is 6.42 Å². The molecule has 0 amide bonds. The van der Waals surface area contributed by atoms with Gasteiger partial charge in [0.1, 0.15) is 0 Å². The van der Waals surface area contributed by atoms with Gasteiger partial charge in [0, 0.05) is 6.61 Å². The number of hydrogen-bond donors (Lipinski definition) is 2. The molecule has 1 saturated heterocycles. The van der Waals surface area contributed by atoms with Crippen LogP contribution in [0.3, 0.4) is 0 Å². The fourth-order valence-electron chi connectivity index (χ4n) is 2.14. The van der Waals surface area contributed by atoms with E-state index in [0.717, 1.165) is 18.4 Å². The topological polar surface area (TPSA) is 32.3 Å². The zero-order chi connectivity index (χ0) is 6.27. The highest BCUT2D eigenvalue weighted by Gasteiger charge is 2.42. The highest BCUT2D eigenvalue weighted by molar-refractivity contribution is 4.95. The van der Waals surface area contributed by atoms with Crippen LogP contribution in [0.4, 0.5) is 0 Å². The first kappa shape index (κ1) is 5.69. The second-order valence-corrected chi connectivity index (χ2v) is 3.26. The van der Waals surface area contributed by atoms with Crippen molar-refractivity contribution in [2.45, 2.75) is 6.42 Å². The van der Waals surface area contributed by atoms with Crippen LogP contribution in [0.15, 0.2) is 0 Å². The summed E-state index contributed by atoms with van der Waals surface area (Å²) in [6, 6.07) is 0. The Hall–Kier alpha value is -0.0800. The molecule has 1 aliphatic heterocycles. The summed E-state index contributed by atoms with van der Waals surface area (Å²) in [5, 5.41) is 12.1. The zero-order valence-corrected chi connectivity index (χ0v) is 5.51. The molecule has 1 heterocycles. The van der Waals surface area contributed by atoms with Crippen LogP contribution < -0.4 is 5.32 Å². The maximum Gasteiger partial charge on any atom is 0.0462 e. The largest absolute Gasteiger partial charge is 0.396 e. The summed E-state index contributed by atoms with van der Waals surface area (Å²) in [6.07, 6.45) is 1.26. The molecule has 2 nitrogen and oxygen atoms in total. The van der Waals surface area contributed by atoms with Crippen LogP contribution >= 0.6 is 0 Å². The third-order valence-electron chi connectivity index (χ3n) is 2.84. The van der Waals surface area contributed by atoms with Crippen LogP contribution in [0.2, 0.25) is 0 Å². The molecule has 3 atom stereocenters. The average molecular weight is 127 g/mol. The van der Waals surface area contributed by atoms with Crippen molar-refractivity contribution in [3.05, 3.63) is 0 Å². The molecular formula is C7H13NO. The Morgan fingerprint density at radius 3 is 3.00 bits per heavy atom. The molecule has 0 aromatic heterocycles. The summed E-state index contributed by atoms with van der Waals surface area (Å²) in [5.74, 6) is 2.35. The van der Waals surface area contributed by atoms with Gasteiger partial charge in [-0.15, -0.1) is 0 Å². The van der Waals surface area contributed by atoms with E-state index in [1.54, 1.807) is 0 Å². The molecule has 2 rings (SSSR count). The third-order valence-corrected chi connectivity index (χ3v) is 2.84. The summed E-state index contributed by atoms with van der Waals surface area (Å²) >= 11 is 0. The molecule has 0 unspecified atom stereocenters. The fraction of sp³-hybridized carbons (Fsp3) is 1.00. The van der Waals surface area contributed by atoms with Gasteiger partial charge in [-0.05, 0) is 37.3 Å². The van der Waals surface area contributed by atoms with Crippen LogP contribution in [0.5, 0.6) is 0 Å². The number of aliphatic hydroxyl groups is 1. The molecule has 2 heteroatoms. The Balaban J connectivity index is 1.93. The van der Waals surface area contributed by atoms with E-state index in [9.17, 15) is 0 Å². The van der Waals surface area contributed by atoms with Crippen molar-refractivity contribution in [2.75, 3.05) is 19.7 Å². The SMILES string of the molecule is OC[C@H]1C[C@H]2CNC[C@H]21. The lowest BCUT2D eigenvalue weighted by atomic mass is 9.67. The first-order valence-electron chi connectivity index (χ1n) is 3.73. The predicted octanol–water partition coefficient (Wildman–Crippen LogP) is -0.166. The molecule has 0 bridgehead atoms. The van der Waals surface area contributed by atoms with Gasteiger partial charge in [0.15, 0.2) is 0 Å². The Labute approximate surface area is 55.3 Å². The van der Waals surface area contributed by atoms with Gasteiger partial charge in [0.05, 0.1) is 0 Å². The van der Waals surface area contributed by atoms with E-state index in [4.69, 9.17) is 5.11 Å². The maximum atomic E-state index is 8.81. The van der Waals surface area contributed by atoms with Crippen LogP contribution in [0.25, 0.3) is 0 Å². The Bertz CT molecular complexity index is 115. The maximum absolute atomic E-state index is 8.81. The van der Waals surface area contributed by atoms with Crippen LogP contribution in [-0.2, 0) is 0 Å². The molecule has 1 saturated carbocycles. The number of aliphatic hydroxyl groups excluding tert-OH is 1. The van der Waals surface area contributed by atoms with Crippen molar-refractivity contribution in [1.29, 1.82) is 0 Å². The molecule has 0 radical (unpaired) electrons. The van der Waals surface area contributed by atoms with Crippen molar-refractivity contribution in [2.24, 2.45) is 17.8 Å². The molecular weight excluding hydrogens is 114 g/mol. The number of rotatable bonds is 1. The van der Waals surface area contributed by atoms with Crippen molar-refractivity contribution in [3.63, 3.8) is 0 Å². The van der Waals surface area contributed by atoms with E-state index >= 15 is 0 Å². The van der Waals surface area contributed by atoms with Gasteiger partial charge in [-0.3, -0.25) is 0 Å². The third kappa shape index (κ3) is 0.700. The van der Waals surface area contributed by atoms with Crippen LogP contribution in [-0.4, -0.2) is 24.8 Å². The molecule has 2 N–H and O–H groups in total. The zero-order valence-electron chi connectivity index (χ0n) is 5.51. The number of fused-ring (bicyclic) bond motifs is 1. The molecule has 2 aliphatic rings. The predicted molar refractivity (Wildman–Crippen MR) is 35.0 cm³/mol. The van der Waals surface area contributed by atoms with Gasteiger partial charge in [-0.25, -0.2) is 0 Å². The second-order valence-electron chi connectivity index (χ2n) is 3.26. The molecule has 1 aliphatic carbocycles. The average Bonchev–Trinajstić information content (AvgIpc) is 2.14. The summed E-state index contributed by atoms with van der Waals surface area (Å²) in [4.78, 5) is 0. The molecule has 52 valence electrons. The van der Waals surface area contributed by atoms with E-state index in [1.165, 1.54) is 13.0 Å². The normalized spacial score (nSPS) is 48.3. The van der Waals surface area contributed by atoms with Crippen molar-refractivity contribution in [1.82, 2.24) is 5.32 Å². The fourth-order valence-corrected chi connectivity index (χ4v) is 2.14. The second kappa shape index (κ2) is 1.96. The minimum Gasteiger partial charge on any atom is -0.396 e. The lowest BCUT2D eigenvalue weighted by Gasteiger charge is -2.38. The lowest BCUT2D eigenvalue weighted by Crippen LogP contribution is -2.37. The van der Waals surface area contributed by atoms with Crippen molar-refractivity contribution in [3.8, 4) is 0 Å². The number of hydrogen-bond acceptors (Lipinski definition) is 2. The van der Waals surface area contributed by atoms with Crippen molar-refractivity contribution >= 4 is 0 Å². The molecule has 0 aromatic rings. The quantitative estimate of drug-likeness (QED) is 0.513. The van der Waals surface area contributed by atoms with Gasteiger partial charge >= 0.3 is 0 Å². The Morgan fingerprint density at radius 2 is 2.33 bits per heavy atom. The summed E-state index contributed by atoms with van der Waals surface area (Å²) in [5.41, 5.74) is 0. The minimum atomic E-state index is 0.406.